The zero-order valence-corrected chi connectivity index (χ0v) is 8.36. The molecule has 0 fully saturated rings. The Morgan fingerprint density at radius 1 is 1.42 bits per heavy atom. The molecule has 0 saturated heterocycles. The molecule has 12 heavy (non-hydrogen) atoms. The largest absolute Gasteiger partial charge is 0.122 e. The lowest BCUT2D eigenvalue weighted by atomic mass is 10.1. The van der Waals surface area contributed by atoms with Crippen molar-refractivity contribution in [3.05, 3.63) is 40.4 Å². The maximum atomic E-state index is 5.80. The van der Waals surface area contributed by atoms with E-state index in [2.05, 4.69) is 0 Å². The molecule has 0 atom stereocenters. The summed E-state index contributed by atoms with van der Waals surface area (Å²) >= 11 is 11.3. The molecule has 0 aliphatic rings. The van der Waals surface area contributed by atoms with Crippen LogP contribution in [-0.4, -0.2) is 5.88 Å². The van der Waals surface area contributed by atoms with Crippen LogP contribution < -0.4 is 0 Å². The van der Waals surface area contributed by atoms with E-state index in [0.29, 0.717) is 5.88 Å². The van der Waals surface area contributed by atoms with Crippen molar-refractivity contribution in [2.45, 2.75) is 6.92 Å². The van der Waals surface area contributed by atoms with Gasteiger partial charge in [0.25, 0.3) is 0 Å². The first-order valence-electron chi connectivity index (χ1n) is 3.72. The second-order valence-corrected chi connectivity index (χ2v) is 3.30. The van der Waals surface area contributed by atoms with Gasteiger partial charge in [-0.25, -0.2) is 0 Å². The zero-order chi connectivity index (χ0) is 8.97. The first-order valence-corrected chi connectivity index (χ1v) is 4.64. The highest BCUT2D eigenvalue weighted by Crippen LogP contribution is 2.16. The quantitative estimate of drug-likeness (QED) is 0.636. The Bertz CT molecular complexity index is 290. The summed E-state index contributed by atoms with van der Waals surface area (Å²) in [7, 11) is 0. The summed E-state index contributed by atoms with van der Waals surface area (Å²) in [4.78, 5) is 0. The van der Waals surface area contributed by atoms with Crippen LogP contribution in [0.25, 0.3) is 6.08 Å². The van der Waals surface area contributed by atoms with Crippen molar-refractivity contribution in [2.24, 2.45) is 0 Å². The topological polar surface area (TPSA) is 0 Å². The number of hydrogen-bond acceptors (Lipinski definition) is 0. The van der Waals surface area contributed by atoms with Gasteiger partial charge < -0.3 is 0 Å². The van der Waals surface area contributed by atoms with Crippen LogP contribution in [0.4, 0.5) is 0 Å². The van der Waals surface area contributed by atoms with E-state index in [1.807, 2.05) is 37.3 Å². The van der Waals surface area contributed by atoms with Crippen molar-refractivity contribution in [3.8, 4) is 0 Å². The molecule has 0 aromatic heterocycles. The molecule has 0 heterocycles. The van der Waals surface area contributed by atoms with Gasteiger partial charge in [0.2, 0.25) is 0 Å². The summed E-state index contributed by atoms with van der Waals surface area (Å²) in [5.41, 5.74) is 2.34. The Kier molecular flexibility index (Phi) is 3.64. The van der Waals surface area contributed by atoms with Crippen LogP contribution >= 0.6 is 23.2 Å². The van der Waals surface area contributed by atoms with E-state index < -0.39 is 0 Å². The summed E-state index contributed by atoms with van der Waals surface area (Å²) in [5.74, 6) is 0.544. The molecule has 64 valence electrons. The van der Waals surface area contributed by atoms with E-state index in [9.17, 15) is 0 Å². The molecular formula is C10H10Cl2. The van der Waals surface area contributed by atoms with Crippen LogP contribution in [0.1, 0.15) is 11.1 Å². The molecule has 0 nitrogen and oxygen atoms in total. The van der Waals surface area contributed by atoms with Gasteiger partial charge in [0.15, 0.2) is 0 Å². The average molecular weight is 201 g/mol. The summed E-state index contributed by atoms with van der Waals surface area (Å²) in [6.45, 7) is 2.03. The van der Waals surface area contributed by atoms with Crippen LogP contribution in [0.2, 0.25) is 5.02 Å². The number of rotatable bonds is 2. The predicted octanol–water partition coefficient (Wildman–Crippen LogP) is 3.90. The Labute approximate surface area is 82.8 Å². The fraction of sp³-hybridized carbons (Fsp3) is 0.200. The average Bonchev–Trinajstić information content (AvgIpc) is 2.03. The number of halogens is 2. The van der Waals surface area contributed by atoms with E-state index in [1.54, 1.807) is 0 Å². The van der Waals surface area contributed by atoms with Crippen molar-refractivity contribution in [1.29, 1.82) is 0 Å². The highest BCUT2D eigenvalue weighted by Gasteiger charge is 1.93. The monoisotopic (exact) mass is 200 g/mol. The molecule has 0 saturated carbocycles. The third kappa shape index (κ3) is 2.54. The van der Waals surface area contributed by atoms with Crippen LogP contribution in [-0.2, 0) is 0 Å². The van der Waals surface area contributed by atoms with Gasteiger partial charge in [0.1, 0.15) is 0 Å². The first-order chi connectivity index (χ1) is 5.74. The number of allylic oxidation sites excluding steroid dienone is 1. The highest BCUT2D eigenvalue weighted by molar-refractivity contribution is 6.30. The van der Waals surface area contributed by atoms with Gasteiger partial charge in [-0.3, -0.25) is 0 Å². The molecule has 0 N–H and O–H groups in total. The van der Waals surface area contributed by atoms with Crippen LogP contribution in [0.15, 0.2) is 24.3 Å². The minimum Gasteiger partial charge on any atom is -0.122 e. The molecule has 0 unspecified atom stereocenters. The Morgan fingerprint density at radius 3 is 2.75 bits per heavy atom. The smallest absolute Gasteiger partial charge is 0.0409 e. The second kappa shape index (κ2) is 4.54. The van der Waals surface area contributed by atoms with Crippen LogP contribution in [0, 0.1) is 6.92 Å². The van der Waals surface area contributed by atoms with Crippen molar-refractivity contribution in [2.75, 3.05) is 5.88 Å². The molecule has 0 aliphatic carbocycles. The number of hydrogen-bond donors (Lipinski definition) is 0. The molecule has 1 rings (SSSR count). The normalized spacial score (nSPS) is 10.9. The fourth-order valence-corrected chi connectivity index (χ4v) is 1.31. The zero-order valence-electron chi connectivity index (χ0n) is 6.85. The van der Waals surface area contributed by atoms with Crippen molar-refractivity contribution < 1.29 is 0 Å². The third-order valence-electron chi connectivity index (χ3n) is 1.62. The predicted molar refractivity (Wildman–Crippen MR) is 55.9 cm³/mol. The van der Waals surface area contributed by atoms with Crippen LogP contribution in [0.5, 0.6) is 0 Å². The maximum Gasteiger partial charge on any atom is 0.0409 e. The van der Waals surface area contributed by atoms with E-state index in [4.69, 9.17) is 23.2 Å². The number of alkyl halides is 1. The van der Waals surface area contributed by atoms with Gasteiger partial charge in [-0.15, -0.1) is 11.6 Å². The second-order valence-electron chi connectivity index (χ2n) is 2.56. The lowest BCUT2D eigenvalue weighted by Crippen LogP contribution is -1.79. The minimum absolute atomic E-state index is 0.544. The molecule has 1 aromatic rings. The van der Waals surface area contributed by atoms with Crippen molar-refractivity contribution in [3.63, 3.8) is 0 Å². The molecule has 0 radical (unpaired) electrons. The first kappa shape index (κ1) is 9.63. The molecule has 0 amide bonds. The van der Waals surface area contributed by atoms with Gasteiger partial charge in [-0.05, 0) is 30.2 Å². The third-order valence-corrected chi connectivity index (χ3v) is 2.03. The van der Waals surface area contributed by atoms with E-state index in [0.717, 1.165) is 5.02 Å². The summed E-state index contributed by atoms with van der Waals surface area (Å²) in [5, 5.41) is 0.774. The maximum absolute atomic E-state index is 5.80. The fourth-order valence-electron chi connectivity index (χ4n) is 0.998. The standard InChI is InChI=1S/C10H10Cl2/c1-8-7-10(12)5-4-9(8)3-2-6-11/h2-5,7H,6H2,1H3/b3-2+. The SMILES string of the molecule is Cc1cc(Cl)ccc1/C=C/CCl. The van der Waals surface area contributed by atoms with Crippen molar-refractivity contribution >= 4 is 29.3 Å². The number of aryl methyl sites for hydroxylation is 1. The molecular weight excluding hydrogens is 191 g/mol. The van der Waals surface area contributed by atoms with Gasteiger partial charge >= 0.3 is 0 Å². The molecule has 2 heteroatoms. The Morgan fingerprint density at radius 2 is 2.17 bits per heavy atom. The highest BCUT2D eigenvalue weighted by atomic mass is 35.5. The van der Waals surface area contributed by atoms with E-state index in [1.165, 1.54) is 11.1 Å². The summed E-state index contributed by atoms with van der Waals surface area (Å²) < 4.78 is 0. The van der Waals surface area contributed by atoms with Gasteiger partial charge in [-0.2, -0.15) is 0 Å². The number of benzene rings is 1. The molecule has 0 spiro atoms. The Balaban J connectivity index is 2.94. The van der Waals surface area contributed by atoms with Gasteiger partial charge in [-0.1, -0.05) is 29.8 Å². The molecule has 1 aromatic carbocycles. The summed E-state index contributed by atoms with van der Waals surface area (Å²) in [6.07, 6.45) is 3.91. The van der Waals surface area contributed by atoms with Gasteiger partial charge in [0.05, 0.1) is 0 Å². The van der Waals surface area contributed by atoms with E-state index >= 15 is 0 Å². The van der Waals surface area contributed by atoms with Gasteiger partial charge in [0, 0.05) is 10.9 Å². The lowest BCUT2D eigenvalue weighted by molar-refractivity contribution is 1.44. The van der Waals surface area contributed by atoms with Crippen LogP contribution in [0.3, 0.4) is 0 Å². The minimum atomic E-state index is 0.544. The van der Waals surface area contributed by atoms with E-state index in [-0.39, 0.29) is 0 Å². The lowest BCUT2D eigenvalue weighted by Gasteiger charge is -1.99. The summed E-state index contributed by atoms with van der Waals surface area (Å²) in [6, 6.07) is 5.80. The van der Waals surface area contributed by atoms with Crippen molar-refractivity contribution in [1.82, 2.24) is 0 Å². The molecule has 0 bridgehead atoms. The molecule has 0 aliphatic heterocycles. The Hall–Kier alpha value is -0.460.